The van der Waals surface area contributed by atoms with Crippen LogP contribution in [0.1, 0.15) is 13.8 Å². The number of sulfone groups is 1. The number of rotatable bonds is 4. The minimum absolute atomic E-state index is 0.0412. The molecule has 0 radical (unpaired) electrons. The zero-order valence-electron chi connectivity index (χ0n) is 12.0. The highest BCUT2D eigenvalue weighted by Gasteiger charge is 2.29. The Labute approximate surface area is 124 Å². The molecule has 1 heterocycles. The molecule has 114 valence electrons. The van der Waals surface area contributed by atoms with Crippen molar-refractivity contribution in [1.29, 1.82) is 0 Å². The first kappa shape index (κ1) is 15.5. The molecule has 2 rings (SSSR count). The number of anilines is 2. The highest BCUT2D eigenvalue weighted by atomic mass is 32.2. The number of nitrogens with one attached hydrogen (secondary N) is 1. The Morgan fingerprint density at radius 1 is 1.33 bits per heavy atom. The molecule has 0 unspecified atom stereocenters. The standard InChI is InChI=1S/C14H18N2O4S/c1-10(2)8-21(19,20)9-14(18)16-7-13(17)15-11-5-3-4-6-12(11)16/h3-6,10H,7-9H2,1-2H3,(H,15,17). The van der Waals surface area contributed by atoms with Crippen molar-refractivity contribution < 1.29 is 18.0 Å². The smallest absolute Gasteiger partial charge is 0.244 e. The summed E-state index contributed by atoms with van der Waals surface area (Å²) < 4.78 is 23.9. The Bertz CT molecular complexity index is 667. The van der Waals surface area contributed by atoms with Gasteiger partial charge in [0.05, 0.1) is 17.1 Å². The van der Waals surface area contributed by atoms with E-state index < -0.39 is 21.5 Å². The number of carbonyl (C=O) groups is 2. The molecule has 0 atom stereocenters. The van der Waals surface area contributed by atoms with Gasteiger partial charge in [-0.1, -0.05) is 26.0 Å². The van der Waals surface area contributed by atoms with Gasteiger partial charge in [0.1, 0.15) is 12.3 Å². The molecule has 0 bridgehead atoms. The lowest BCUT2D eigenvalue weighted by molar-refractivity contribution is -0.120. The minimum Gasteiger partial charge on any atom is -0.323 e. The van der Waals surface area contributed by atoms with Gasteiger partial charge < -0.3 is 10.2 Å². The highest BCUT2D eigenvalue weighted by Crippen LogP contribution is 2.29. The van der Waals surface area contributed by atoms with Crippen LogP contribution in [0.2, 0.25) is 0 Å². The summed E-state index contributed by atoms with van der Waals surface area (Å²) in [6, 6.07) is 6.83. The maximum atomic E-state index is 12.3. The van der Waals surface area contributed by atoms with Gasteiger partial charge in [-0.2, -0.15) is 0 Å². The Kier molecular flexibility index (Phi) is 4.32. The van der Waals surface area contributed by atoms with Crippen LogP contribution >= 0.6 is 0 Å². The summed E-state index contributed by atoms with van der Waals surface area (Å²) in [4.78, 5) is 25.1. The van der Waals surface area contributed by atoms with Gasteiger partial charge in [0.2, 0.25) is 11.8 Å². The van der Waals surface area contributed by atoms with Gasteiger partial charge in [0.25, 0.3) is 0 Å². The number of amides is 2. The topological polar surface area (TPSA) is 83.6 Å². The van der Waals surface area contributed by atoms with E-state index in [1.807, 2.05) is 0 Å². The van der Waals surface area contributed by atoms with Crippen LogP contribution in [0, 0.1) is 5.92 Å². The fourth-order valence-electron chi connectivity index (χ4n) is 2.29. The number of para-hydroxylation sites is 2. The van der Waals surface area contributed by atoms with E-state index in [9.17, 15) is 18.0 Å². The summed E-state index contributed by atoms with van der Waals surface area (Å²) in [7, 11) is -3.47. The first-order chi connectivity index (χ1) is 9.78. The maximum absolute atomic E-state index is 12.3. The van der Waals surface area contributed by atoms with E-state index in [1.165, 1.54) is 4.90 Å². The van der Waals surface area contributed by atoms with Crippen molar-refractivity contribution in [1.82, 2.24) is 0 Å². The zero-order chi connectivity index (χ0) is 15.6. The molecule has 0 aliphatic carbocycles. The zero-order valence-corrected chi connectivity index (χ0v) is 12.8. The van der Waals surface area contributed by atoms with Crippen molar-refractivity contribution in [2.75, 3.05) is 28.3 Å². The molecular weight excluding hydrogens is 292 g/mol. The van der Waals surface area contributed by atoms with E-state index in [0.717, 1.165) is 0 Å². The predicted octanol–water partition coefficient (Wildman–Crippen LogP) is 1.04. The van der Waals surface area contributed by atoms with Crippen LogP contribution in [0.5, 0.6) is 0 Å². The summed E-state index contributed by atoms with van der Waals surface area (Å²) in [5.41, 5.74) is 1.05. The monoisotopic (exact) mass is 310 g/mol. The summed E-state index contributed by atoms with van der Waals surface area (Å²) in [5.74, 6) is -1.56. The maximum Gasteiger partial charge on any atom is 0.244 e. The van der Waals surface area contributed by atoms with Crippen LogP contribution < -0.4 is 10.2 Å². The predicted molar refractivity (Wildman–Crippen MR) is 80.9 cm³/mol. The van der Waals surface area contributed by atoms with Gasteiger partial charge in [-0.25, -0.2) is 8.42 Å². The molecule has 1 N–H and O–H groups in total. The fourth-order valence-corrected chi connectivity index (χ4v) is 3.95. The third kappa shape index (κ3) is 3.81. The molecule has 21 heavy (non-hydrogen) atoms. The van der Waals surface area contributed by atoms with Crippen LogP contribution in [-0.2, 0) is 19.4 Å². The number of hydrogen-bond acceptors (Lipinski definition) is 4. The van der Waals surface area contributed by atoms with Gasteiger partial charge in [-0.15, -0.1) is 0 Å². The molecule has 0 fully saturated rings. The van der Waals surface area contributed by atoms with E-state index >= 15 is 0 Å². The summed E-state index contributed by atoms with van der Waals surface area (Å²) in [6.45, 7) is 3.41. The molecule has 0 aromatic heterocycles. The SMILES string of the molecule is CC(C)CS(=O)(=O)CC(=O)N1CC(=O)Nc2ccccc21. The average Bonchev–Trinajstić information content (AvgIpc) is 2.35. The summed E-state index contributed by atoms with van der Waals surface area (Å²) in [5, 5.41) is 2.66. The van der Waals surface area contributed by atoms with Gasteiger partial charge in [-0.05, 0) is 18.1 Å². The second-order valence-corrected chi connectivity index (χ2v) is 7.60. The van der Waals surface area contributed by atoms with Crippen molar-refractivity contribution >= 4 is 33.0 Å². The van der Waals surface area contributed by atoms with E-state index in [2.05, 4.69) is 5.32 Å². The van der Waals surface area contributed by atoms with Gasteiger partial charge in [-0.3, -0.25) is 9.59 Å². The van der Waals surface area contributed by atoms with Crippen molar-refractivity contribution in [3.05, 3.63) is 24.3 Å². The molecular formula is C14H18N2O4S. The first-order valence-corrected chi connectivity index (χ1v) is 8.50. The summed E-state index contributed by atoms with van der Waals surface area (Å²) >= 11 is 0. The molecule has 1 aromatic rings. The first-order valence-electron chi connectivity index (χ1n) is 6.68. The van der Waals surface area contributed by atoms with E-state index in [0.29, 0.717) is 11.4 Å². The lowest BCUT2D eigenvalue weighted by Gasteiger charge is -2.29. The molecule has 1 aliphatic heterocycles. The average molecular weight is 310 g/mol. The fraction of sp³-hybridized carbons (Fsp3) is 0.429. The highest BCUT2D eigenvalue weighted by molar-refractivity contribution is 7.92. The quantitative estimate of drug-likeness (QED) is 0.900. The van der Waals surface area contributed by atoms with Crippen LogP contribution in [0.15, 0.2) is 24.3 Å². The normalized spacial score (nSPS) is 14.8. The van der Waals surface area contributed by atoms with Crippen molar-refractivity contribution in [2.45, 2.75) is 13.8 Å². The van der Waals surface area contributed by atoms with Gasteiger partial charge in [0.15, 0.2) is 9.84 Å². The summed E-state index contributed by atoms with van der Waals surface area (Å²) in [6.07, 6.45) is 0. The Morgan fingerprint density at radius 3 is 2.67 bits per heavy atom. The van der Waals surface area contributed by atoms with Crippen molar-refractivity contribution in [3.8, 4) is 0 Å². The lowest BCUT2D eigenvalue weighted by Crippen LogP contribution is -2.44. The number of hydrogen-bond donors (Lipinski definition) is 1. The number of fused-ring (bicyclic) bond motifs is 1. The van der Waals surface area contributed by atoms with E-state index in [1.54, 1.807) is 38.1 Å². The van der Waals surface area contributed by atoms with Gasteiger partial charge in [0, 0.05) is 0 Å². The van der Waals surface area contributed by atoms with Crippen LogP contribution in [0.4, 0.5) is 11.4 Å². The number of nitrogens with zero attached hydrogens (tertiary/aromatic N) is 1. The molecule has 6 nitrogen and oxygen atoms in total. The van der Waals surface area contributed by atoms with Crippen LogP contribution in [0.25, 0.3) is 0 Å². The largest absolute Gasteiger partial charge is 0.323 e. The lowest BCUT2D eigenvalue weighted by atomic mass is 10.2. The third-order valence-corrected chi connectivity index (χ3v) is 4.86. The van der Waals surface area contributed by atoms with Gasteiger partial charge >= 0.3 is 0 Å². The molecule has 0 spiro atoms. The third-order valence-electron chi connectivity index (χ3n) is 3.00. The molecule has 7 heteroatoms. The Hall–Kier alpha value is -1.89. The number of carbonyl (C=O) groups excluding carboxylic acids is 2. The molecule has 0 saturated heterocycles. The molecule has 1 aliphatic rings. The second-order valence-electron chi connectivity index (χ2n) is 5.49. The molecule has 1 aromatic carbocycles. The Morgan fingerprint density at radius 2 is 2.00 bits per heavy atom. The number of benzene rings is 1. The van der Waals surface area contributed by atoms with Crippen LogP contribution in [-0.4, -0.2) is 38.3 Å². The molecule has 2 amide bonds. The van der Waals surface area contributed by atoms with Crippen LogP contribution in [0.3, 0.4) is 0 Å². The Balaban J connectivity index is 2.22. The van der Waals surface area contributed by atoms with Crippen molar-refractivity contribution in [3.63, 3.8) is 0 Å². The molecule has 0 saturated carbocycles. The second kappa shape index (κ2) is 5.85. The van der Waals surface area contributed by atoms with Crippen molar-refractivity contribution in [2.24, 2.45) is 5.92 Å². The van der Waals surface area contributed by atoms with E-state index in [4.69, 9.17) is 0 Å². The minimum atomic E-state index is -3.47. The van der Waals surface area contributed by atoms with E-state index in [-0.39, 0.29) is 24.1 Å².